The lowest BCUT2D eigenvalue weighted by atomic mass is 10.1. The number of nitrogens with zero attached hydrogens (tertiary/aromatic N) is 1. The van der Waals surface area contributed by atoms with Crippen molar-refractivity contribution >= 4 is 11.6 Å². The predicted molar refractivity (Wildman–Crippen MR) is 116 cm³/mol. The minimum atomic E-state index is -0.0809. The van der Waals surface area contributed by atoms with Gasteiger partial charge in [0, 0.05) is 19.2 Å². The lowest BCUT2D eigenvalue weighted by Crippen LogP contribution is -2.42. The van der Waals surface area contributed by atoms with E-state index in [4.69, 9.17) is 18.9 Å². The number of carbonyl (C=O) groups excluding carboxylic acids is 1. The van der Waals surface area contributed by atoms with Crippen LogP contribution in [0, 0.1) is 0 Å². The Morgan fingerprint density at radius 1 is 1.03 bits per heavy atom. The van der Waals surface area contributed by atoms with Gasteiger partial charge in [0.25, 0.3) is 0 Å². The SMILES string of the molecule is CCOc1ccccc1OC1CCN(CC(=O)Nc2cc(OC)ccc2OC)CC1. The summed E-state index contributed by atoms with van der Waals surface area (Å²) in [4.78, 5) is 14.7. The van der Waals surface area contributed by atoms with Gasteiger partial charge in [-0.2, -0.15) is 0 Å². The van der Waals surface area contributed by atoms with Crippen LogP contribution in [0.4, 0.5) is 5.69 Å². The van der Waals surface area contributed by atoms with Crippen molar-refractivity contribution in [3.63, 3.8) is 0 Å². The number of piperidine rings is 1. The molecule has 1 aliphatic heterocycles. The second-order valence-corrected chi connectivity index (χ2v) is 7.09. The number of methoxy groups -OCH3 is 2. The van der Waals surface area contributed by atoms with Gasteiger partial charge in [0.2, 0.25) is 5.91 Å². The number of ether oxygens (including phenoxy) is 4. The van der Waals surface area contributed by atoms with Crippen LogP contribution in [-0.4, -0.2) is 57.4 Å². The Kier molecular flexibility index (Phi) is 7.79. The zero-order valence-electron chi connectivity index (χ0n) is 17.8. The molecule has 1 fully saturated rings. The summed E-state index contributed by atoms with van der Waals surface area (Å²) >= 11 is 0. The molecule has 0 spiro atoms. The van der Waals surface area contributed by atoms with Crippen molar-refractivity contribution in [2.45, 2.75) is 25.9 Å². The van der Waals surface area contributed by atoms with E-state index in [1.54, 1.807) is 32.4 Å². The number of nitrogens with one attached hydrogen (secondary N) is 1. The maximum absolute atomic E-state index is 12.5. The highest BCUT2D eigenvalue weighted by atomic mass is 16.5. The molecule has 7 heteroatoms. The smallest absolute Gasteiger partial charge is 0.238 e. The van der Waals surface area contributed by atoms with Gasteiger partial charge in [-0.25, -0.2) is 0 Å². The molecule has 3 rings (SSSR count). The number of hydrogen-bond donors (Lipinski definition) is 1. The van der Waals surface area contributed by atoms with E-state index in [0.29, 0.717) is 30.3 Å². The van der Waals surface area contributed by atoms with E-state index < -0.39 is 0 Å². The molecule has 1 heterocycles. The molecule has 0 aliphatic carbocycles. The molecule has 7 nitrogen and oxygen atoms in total. The Balaban J connectivity index is 1.50. The molecular weight excluding hydrogens is 384 g/mol. The lowest BCUT2D eigenvalue weighted by Gasteiger charge is -2.32. The Morgan fingerprint density at radius 3 is 2.43 bits per heavy atom. The highest BCUT2D eigenvalue weighted by Crippen LogP contribution is 2.30. The molecule has 1 N–H and O–H groups in total. The number of amides is 1. The second kappa shape index (κ2) is 10.7. The van der Waals surface area contributed by atoms with E-state index >= 15 is 0 Å². The topological polar surface area (TPSA) is 69.3 Å². The van der Waals surface area contributed by atoms with Gasteiger partial charge in [0.1, 0.15) is 17.6 Å². The molecule has 0 aromatic heterocycles. The number of likely N-dealkylation sites (tertiary alicyclic amines) is 1. The molecule has 0 atom stereocenters. The first-order valence-corrected chi connectivity index (χ1v) is 10.3. The molecule has 0 unspecified atom stereocenters. The molecule has 2 aromatic carbocycles. The van der Waals surface area contributed by atoms with Gasteiger partial charge in [0.15, 0.2) is 11.5 Å². The summed E-state index contributed by atoms with van der Waals surface area (Å²) in [6.07, 6.45) is 1.83. The first kappa shape index (κ1) is 21.8. The summed E-state index contributed by atoms with van der Waals surface area (Å²) in [7, 11) is 3.17. The van der Waals surface area contributed by atoms with Crippen LogP contribution in [0.3, 0.4) is 0 Å². The van der Waals surface area contributed by atoms with Gasteiger partial charge in [-0.3, -0.25) is 9.69 Å². The molecule has 1 saturated heterocycles. The monoisotopic (exact) mass is 414 g/mol. The van der Waals surface area contributed by atoms with Gasteiger partial charge in [-0.1, -0.05) is 12.1 Å². The quantitative estimate of drug-likeness (QED) is 0.676. The Bertz CT molecular complexity index is 834. The zero-order chi connectivity index (χ0) is 21.3. The van der Waals surface area contributed by atoms with Crippen LogP contribution in [0.2, 0.25) is 0 Å². The van der Waals surface area contributed by atoms with Gasteiger partial charge < -0.3 is 24.3 Å². The van der Waals surface area contributed by atoms with E-state index in [2.05, 4.69) is 10.2 Å². The molecule has 0 radical (unpaired) electrons. The molecule has 162 valence electrons. The number of anilines is 1. The minimum Gasteiger partial charge on any atom is -0.497 e. The fourth-order valence-corrected chi connectivity index (χ4v) is 3.49. The fraction of sp³-hybridized carbons (Fsp3) is 0.435. The fourth-order valence-electron chi connectivity index (χ4n) is 3.49. The van der Waals surface area contributed by atoms with Crippen molar-refractivity contribution in [1.82, 2.24) is 4.90 Å². The van der Waals surface area contributed by atoms with Gasteiger partial charge >= 0.3 is 0 Å². The second-order valence-electron chi connectivity index (χ2n) is 7.09. The molecule has 0 bridgehead atoms. The van der Waals surface area contributed by atoms with E-state index in [-0.39, 0.29) is 12.0 Å². The summed E-state index contributed by atoms with van der Waals surface area (Å²) in [6, 6.07) is 13.1. The van der Waals surface area contributed by atoms with Gasteiger partial charge in [-0.05, 0) is 44.0 Å². The standard InChI is InChI=1S/C23H30N2O5/c1-4-29-21-7-5-6-8-22(21)30-17-11-13-25(14-12-17)16-23(26)24-19-15-18(27-2)9-10-20(19)28-3/h5-10,15,17H,4,11-14,16H2,1-3H3,(H,24,26). The molecule has 1 aliphatic rings. The summed E-state index contributed by atoms with van der Waals surface area (Å²) in [5.41, 5.74) is 0.604. The summed E-state index contributed by atoms with van der Waals surface area (Å²) in [5, 5.41) is 2.92. The molecule has 1 amide bonds. The lowest BCUT2D eigenvalue weighted by molar-refractivity contribution is -0.117. The maximum atomic E-state index is 12.5. The van der Waals surface area contributed by atoms with Crippen LogP contribution in [-0.2, 0) is 4.79 Å². The summed E-state index contributed by atoms with van der Waals surface area (Å²) in [6.45, 7) is 4.48. The van der Waals surface area contributed by atoms with Crippen molar-refractivity contribution in [3.05, 3.63) is 42.5 Å². The Hall–Kier alpha value is -2.93. The van der Waals surface area contributed by atoms with Crippen LogP contribution < -0.4 is 24.3 Å². The summed E-state index contributed by atoms with van der Waals surface area (Å²) < 4.78 is 22.4. The van der Waals surface area contributed by atoms with Crippen molar-refractivity contribution in [2.75, 3.05) is 45.8 Å². The Labute approximate surface area is 177 Å². The highest BCUT2D eigenvalue weighted by Gasteiger charge is 2.23. The van der Waals surface area contributed by atoms with E-state index in [1.807, 2.05) is 31.2 Å². The average Bonchev–Trinajstić information content (AvgIpc) is 2.76. The van der Waals surface area contributed by atoms with Gasteiger partial charge in [0.05, 0.1) is 33.1 Å². The number of hydrogen-bond acceptors (Lipinski definition) is 6. The van der Waals surface area contributed by atoms with Crippen LogP contribution in [0.5, 0.6) is 23.0 Å². The number of para-hydroxylation sites is 2. The number of benzene rings is 2. The summed E-state index contributed by atoms with van der Waals surface area (Å²) in [5.74, 6) is 2.73. The predicted octanol–water partition coefficient (Wildman–Crippen LogP) is 3.58. The third-order valence-corrected chi connectivity index (χ3v) is 5.03. The minimum absolute atomic E-state index is 0.0809. The first-order chi connectivity index (χ1) is 14.6. The van der Waals surface area contributed by atoms with E-state index in [9.17, 15) is 4.79 Å². The van der Waals surface area contributed by atoms with Crippen LogP contribution >= 0.6 is 0 Å². The van der Waals surface area contributed by atoms with Crippen molar-refractivity contribution in [1.29, 1.82) is 0 Å². The van der Waals surface area contributed by atoms with Gasteiger partial charge in [-0.15, -0.1) is 0 Å². The molecule has 2 aromatic rings. The average molecular weight is 415 g/mol. The van der Waals surface area contributed by atoms with E-state index in [0.717, 1.165) is 37.4 Å². The molecular formula is C23H30N2O5. The Morgan fingerprint density at radius 2 is 1.77 bits per heavy atom. The van der Waals surface area contributed by atoms with Crippen LogP contribution in [0.25, 0.3) is 0 Å². The van der Waals surface area contributed by atoms with Crippen molar-refractivity contribution < 1.29 is 23.7 Å². The van der Waals surface area contributed by atoms with Crippen molar-refractivity contribution in [3.8, 4) is 23.0 Å². The first-order valence-electron chi connectivity index (χ1n) is 10.3. The van der Waals surface area contributed by atoms with Crippen LogP contribution in [0.1, 0.15) is 19.8 Å². The maximum Gasteiger partial charge on any atom is 0.238 e. The normalized spacial score (nSPS) is 14.8. The highest BCUT2D eigenvalue weighted by molar-refractivity contribution is 5.94. The zero-order valence-corrected chi connectivity index (χ0v) is 17.8. The number of rotatable bonds is 9. The third-order valence-electron chi connectivity index (χ3n) is 5.03. The van der Waals surface area contributed by atoms with Crippen molar-refractivity contribution in [2.24, 2.45) is 0 Å². The third kappa shape index (κ3) is 5.79. The van der Waals surface area contributed by atoms with Crippen LogP contribution in [0.15, 0.2) is 42.5 Å². The largest absolute Gasteiger partial charge is 0.497 e. The molecule has 30 heavy (non-hydrogen) atoms. The molecule has 0 saturated carbocycles. The van der Waals surface area contributed by atoms with E-state index in [1.165, 1.54) is 0 Å². The number of carbonyl (C=O) groups is 1.